The molecular weight excluding hydrogens is 683 g/mol. The summed E-state index contributed by atoms with van der Waals surface area (Å²) >= 11 is 0. The Morgan fingerprint density at radius 3 is 1.30 bits per heavy atom. The summed E-state index contributed by atoms with van der Waals surface area (Å²) in [5, 5.41) is 0. The van der Waals surface area contributed by atoms with Crippen LogP contribution in [0.5, 0.6) is 23.0 Å². The minimum Gasteiger partial charge on any atom is -0.494 e. The second-order valence-electron chi connectivity index (χ2n) is 12.5. The molecule has 0 unspecified atom stereocenters. The monoisotopic (exact) mass is 732 g/mol. The summed E-state index contributed by atoms with van der Waals surface area (Å²) in [6.45, 7) is 12.2. The van der Waals surface area contributed by atoms with Crippen LogP contribution >= 0.6 is 0 Å². The molecule has 3 aromatic carbocycles. The Morgan fingerprint density at radius 2 is 0.887 bits per heavy atom. The van der Waals surface area contributed by atoms with Crippen LogP contribution in [0.3, 0.4) is 0 Å². The lowest BCUT2D eigenvalue weighted by molar-refractivity contribution is -0.139. The van der Waals surface area contributed by atoms with Gasteiger partial charge < -0.3 is 28.4 Å². The molecular formula is C42H49FO10. The van der Waals surface area contributed by atoms with Crippen LogP contribution in [0.15, 0.2) is 91.0 Å². The molecule has 284 valence electrons. The van der Waals surface area contributed by atoms with E-state index in [9.17, 15) is 23.6 Å². The van der Waals surface area contributed by atoms with Crippen molar-refractivity contribution in [2.45, 2.75) is 78.1 Å². The number of halogens is 1. The topological polar surface area (TPSA) is 124 Å². The molecule has 0 N–H and O–H groups in total. The van der Waals surface area contributed by atoms with Gasteiger partial charge in [0.1, 0.15) is 17.2 Å². The van der Waals surface area contributed by atoms with Gasteiger partial charge in [-0.05, 0) is 100 Å². The molecule has 0 bridgehead atoms. The summed E-state index contributed by atoms with van der Waals surface area (Å²) in [5.74, 6) is -2.19. The summed E-state index contributed by atoms with van der Waals surface area (Å²) in [6, 6.07) is 16.3. The molecule has 10 nitrogen and oxygen atoms in total. The molecule has 0 heterocycles. The number of rotatable bonds is 24. The van der Waals surface area contributed by atoms with E-state index in [4.69, 9.17) is 28.4 Å². The standard InChI is InChI=1S/C42H49FO10/c1-30(2)39(44)50-27-13-9-5-7-11-25-48-34-19-15-32(16-20-34)41(46)52-36-23-24-38(37(43)29-36)53-42(47)33-17-21-35(22-18-33)49-26-12-8-6-10-14-28-51-40(45)31(3)4/h15-24,29H,1,3,5-14,25-28H2,2,4H3. The Hall–Kier alpha value is -5.45. The third kappa shape index (κ3) is 16.2. The fourth-order valence-electron chi connectivity index (χ4n) is 4.75. The Morgan fingerprint density at radius 1 is 0.509 bits per heavy atom. The van der Waals surface area contributed by atoms with E-state index >= 15 is 0 Å². The number of ether oxygens (including phenoxy) is 6. The van der Waals surface area contributed by atoms with Crippen LogP contribution in [-0.4, -0.2) is 50.3 Å². The van der Waals surface area contributed by atoms with Crippen molar-refractivity contribution in [3.63, 3.8) is 0 Å². The third-order valence-electron chi connectivity index (χ3n) is 7.77. The lowest BCUT2D eigenvalue weighted by Crippen LogP contribution is -2.11. The van der Waals surface area contributed by atoms with Gasteiger partial charge in [0.05, 0.1) is 37.6 Å². The highest BCUT2D eigenvalue weighted by Gasteiger charge is 2.15. The first-order chi connectivity index (χ1) is 25.5. The Labute approximate surface area is 310 Å². The highest BCUT2D eigenvalue weighted by Crippen LogP contribution is 2.25. The van der Waals surface area contributed by atoms with Crippen molar-refractivity contribution < 1.29 is 52.0 Å². The minimum atomic E-state index is -0.869. The van der Waals surface area contributed by atoms with E-state index < -0.39 is 17.8 Å². The number of hydrogen-bond acceptors (Lipinski definition) is 10. The maximum absolute atomic E-state index is 14.8. The van der Waals surface area contributed by atoms with Gasteiger partial charge in [-0.25, -0.2) is 23.6 Å². The first-order valence-electron chi connectivity index (χ1n) is 17.9. The molecule has 0 aliphatic heterocycles. The summed E-state index contributed by atoms with van der Waals surface area (Å²) < 4.78 is 47.0. The van der Waals surface area contributed by atoms with Crippen molar-refractivity contribution in [2.75, 3.05) is 26.4 Å². The molecule has 0 aromatic heterocycles. The molecule has 11 heteroatoms. The average Bonchev–Trinajstić information content (AvgIpc) is 3.14. The van der Waals surface area contributed by atoms with Crippen molar-refractivity contribution in [2.24, 2.45) is 0 Å². The lowest BCUT2D eigenvalue weighted by Gasteiger charge is -2.10. The van der Waals surface area contributed by atoms with Gasteiger partial charge in [0, 0.05) is 17.2 Å². The number of carbonyl (C=O) groups is 4. The van der Waals surface area contributed by atoms with E-state index in [0.717, 1.165) is 70.3 Å². The maximum Gasteiger partial charge on any atom is 0.343 e. The zero-order valence-corrected chi connectivity index (χ0v) is 30.6. The molecule has 0 saturated heterocycles. The highest BCUT2D eigenvalue weighted by atomic mass is 19.1. The van der Waals surface area contributed by atoms with Crippen molar-refractivity contribution in [1.82, 2.24) is 0 Å². The fourth-order valence-corrected chi connectivity index (χ4v) is 4.75. The van der Waals surface area contributed by atoms with Crippen LogP contribution in [0.1, 0.15) is 98.8 Å². The first-order valence-corrected chi connectivity index (χ1v) is 17.9. The van der Waals surface area contributed by atoms with Crippen LogP contribution in [0.25, 0.3) is 0 Å². The Balaban J connectivity index is 1.31. The maximum atomic E-state index is 14.8. The van der Waals surface area contributed by atoms with Crippen LogP contribution < -0.4 is 18.9 Å². The quantitative estimate of drug-likeness (QED) is 0.0381. The fraction of sp³-hybridized carbons (Fsp3) is 0.381. The molecule has 53 heavy (non-hydrogen) atoms. The summed E-state index contributed by atoms with van der Waals surface area (Å²) in [7, 11) is 0. The van der Waals surface area contributed by atoms with E-state index in [1.807, 2.05) is 0 Å². The van der Waals surface area contributed by atoms with Gasteiger partial charge in [0.2, 0.25) is 0 Å². The van der Waals surface area contributed by atoms with E-state index in [1.165, 1.54) is 24.3 Å². The summed E-state index contributed by atoms with van der Waals surface area (Å²) in [6.07, 6.45) is 9.14. The van der Waals surface area contributed by atoms with Gasteiger partial charge in [0.15, 0.2) is 11.6 Å². The Kier molecular flexibility index (Phi) is 18.4. The SMILES string of the molecule is C=C(C)C(=O)OCCCCCCCOc1ccc(C(=O)Oc2ccc(OC(=O)c3ccc(OCCCCCCCOC(=O)C(=C)C)cc3)c(F)c2)cc1. The summed E-state index contributed by atoms with van der Waals surface area (Å²) in [4.78, 5) is 48.0. The number of carbonyl (C=O) groups excluding carboxylic acids is 4. The molecule has 0 fully saturated rings. The second-order valence-corrected chi connectivity index (χ2v) is 12.5. The van der Waals surface area contributed by atoms with Gasteiger partial charge in [-0.2, -0.15) is 0 Å². The predicted molar refractivity (Wildman–Crippen MR) is 198 cm³/mol. The van der Waals surface area contributed by atoms with Crippen LogP contribution in [0.4, 0.5) is 4.39 Å². The van der Waals surface area contributed by atoms with E-state index in [1.54, 1.807) is 50.2 Å². The van der Waals surface area contributed by atoms with Crippen molar-refractivity contribution in [1.29, 1.82) is 0 Å². The molecule has 0 atom stereocenters. The zero-order chi connectivity index (χ0) is 38.4. The average molecular weight is 733 g/mol. The van der Waals surface area contributed by atoms with Crippen molar-refractivity contribution in [3.8, 4) is 23.0 Å². The number of esters is 4. The van der Waals surface area contributed by atoms with Gasteiger partial charge in [-0.3, -0.25) is 0 Å². The largest absolute Gasteiger partial charge is 0.494 e. The van der Waals surface area contributed by atoms with E-state index in [2.05, 4.69) is 13.2 Å². The van der Waals surface area contributed by atoms with Crippen LogP contribution in [0, 0.1) is 5.82 Å². The normalized spacial score (nSPS) is 10.5. The number of unbranched alkanes of at least 4 members (excludes halogenated alkanes) is 8. The number of benzene rings is 3. The zero-order valence-electron chi connectivity index (χ0n) is 30.6. The molecule has 0 aliphatic rings. The van der Waals surface area contributed by atoms with Gasteiger partial charge in [-0.1, -0.05) is 51.7 Å². The smallest absolute Gasteiger partial charge is 0.343 e. The van der Waals surface area contributed by atoms with Crippen LogP contribution in [0.2, 0.25) is 0 Å². The summed E-state index contributed by atoms with van der Waals surface area (Å²) in [5.41, 5.74) is 1.26. The predicted octanol–water partition coefficient (Wildman–Crippen LogP) is 9.16. The van der Waals surface area contributed by atoms with E-state index in [-0.39, 0.29) is 34.6 Å². The molecule has 0 saturated carbocycles. The van der Waals surface area contributed by atoms with E-state index in [0.29, 0.717) is 49.1 Å². The Bertz CT molecular complexity index is 1660. The third-order valence-corrected chi connectivity index (χ3v) is 7.77. The van der Waals surface area contributed by atoms with Crippen molar-refractivity contribution >= 4 is 23.9 Å². The molecule has 0 aliphatic carbocycles. The molecule has 3 aromatic rings. The first kappa shape index (κ1) is 42.0. The second kappa shape index (κ2) is 23.2. The van der Waals surface area contributed by atoms with Crippen molar-refractivity contribution in [3.05, 3.63) is 108 Å². The lowest BCUT2D eigenvalue weighted by atomic mass is 10.1. The molecule has 0 amide bonds. The molecule has 0 spiro atoms. The highest BCUT2D eigenvalue weighted by molar-refractivity contribution is 5.92. The van der Waals surface area contributed by atoms with Gasteiger partial charge >= 0.3 is 23.9 Å². The van der Waals surface area contributed by atoms with Gasteiger partial charge in [-0.15, -0.1) is 0 Å². The molecule has 3 rings (SSSR count). The molecule has 0 radical (unpaired) electrons. The minimum absolute atomic E-state index is 0.0489. The number of hydrogen-bond donors (Lipinski definition) is 0. The van der Waals surface area contributed by atoms with Gasteiger partial charge in [0.25, 0.3) is 0 Å². The van der Waals surface area contributed by atoms with Crippen LogP contribution in [-0.2, 0) is 19.1 Å².